The molecule has 0 saturated carbocycles. The minimum atomic E-state index is -3.93. The summed E-state index contributed by atoms with van der Waals surface area (Å²) in [6.07, 6.45) is 0. The average Bonchev–Trinajstić information content (AvgIpc) is 2.96. The van der Waals surface area contributed by atoms with E-state index in [1.807, 2.05) is 0 Å². The van der Waals surface area contributed by atoms with E-state index in [2.05, 4.69) is 15.9 Å². The summed E-state index contributed by atoms with van der Waals surface area (Å²) in [4.78, 5) is 12.2. The number of hydrogen-bond acceptors (Lipinski definition) is 4. The molecule has 0 amide bonds. The van der Waals surface area contributed by atoms with Crippen molar-refractivity contribution >= 4 is 42.8 Å². The Balaban J connectivity index is 2.40. The molecule has 0 saturated heterocycles. The third kappa shape index (κ3) is 2.55. The van der Waals surface area contributed by atoms with Gasteiger partial charge in [0.1, 0.15) is 5.69 Å². The van der Waals surface area contributed by atoms with Crippen molar-refractivity contribution in [2.45, 2.75) is 4.90 Å². The summed E-state index contributed by atoms with van der Waals surface area (Å²) in [5.41, 5.74) is 0.363. The molecule has 5 nitrogen and oxygen atoms in total. The van der Waals surface area contributed by atoms with Crippen molar-refractivity contribution in [1.82, 2.24) is 3.97 Å². The number of rotatable bonds is 3. The van der Waals surface area contributed by atoms with E-state index in [4.69, 9.17) is 4.74 Å². The average molecular weight is 394 g/mol. The molecule has 0 aliphatic heterocycles. The quantitative estimate of drug-likeness (QED) is 0.639. The predicted octanol–water partition coefficient (Wildman–Crippen LogP) is 3.43. The highest BCUT2D eigenvalue weighted by atomic mass is 79.9. The van der Waals surface area contributed by atoms with Crippen LogP contribution in [0.15, 0.2) is 64.0 Å². The van der Waals surface area contributed by atoms with E-state index >= 15 is 0 Å². The van der Waals surface area contributed by atoms with E-state index in [1.54, 1.807) is 36.4 Å². The molecule has 118 valence electrons. The number of methoxy groups -OCH3 is 1. The van der Waals surface area contributed by atoms with Gasteiger partial charge >= 0.3 is 5.97 Å². The third-order valence-electron chi connectivity index (χ3n) is 3.42. The van der Waals surface area contributed by atoms with Crippen LogP contribution in [0.4, 0.5) is 0 Å². The van der Waals surface area contributed by atoms with Crippen LogP contribution in [0.25, 0.3) is 10.9 Å². The molecule has 0 atom stereocenters. The van der Waals surface area contributed by atoms with Crippen LogP contribution in [0, 0.1) is 0 Å². The number of benzene rings is 2. The van der Waals surface area contributed by atoms with Crippen molar-refractivity contribution in [3.8, 4) is 0 Å². The van der Waals surface area contributed by atoms with Crippen LogP contribution in [0.2, 0.25) is 0 Å². The standard InChI is InChI=1S/C16H12BrNO4S/c1-22-16(19)15-10-12-13(17)8-5-9-14(12)18(15)23(20,21)11-6-3-2-4-7-11/h2-10H,1H3. The highest BCUT2D eigenvalue weighted by Gasteiger charge is 2.27. The zero-order valence-electron chi connectivity index (χ0n) is 12.1. The first-order valence-corrected chi connectivity index (χ1v) is 8.89. The molecular formula is C16H12BrNO4S. The van der Waals surface area contributed by atoms with Gasteiger partial charge in [0.2, 0.25) is 0 Å². The SMILES string of the molecule is COC(=O)c1cc2c(Br)cccc2n1S(=O)(=O)c1ccccc1. The number of nitrogens with zero attached hydrogens (tertiary/aromatic N) is 1. The summed E-state index contributed by atoms with van der Waals surface area (Å²) >= 11 is 3.38. The number of fused-ring (bicyclic) bond motifs is 1. The molecule has 7 heteroatoms. The lowest BCUT2D eigenvalue weighted by molar-refractivity contribution is 0.0593. The van der Waals surface area contributed by atoms with Crippen molar-refractivity contribution < 1.29 is 17.9 Å². The van der Waals surface area contributed by atoms with Gasteiger partial charge in [-0.05, 0) is 30.3 Å². The second-order valence-electron chi connectivity index (χ2n) is 4.78. The molecule has 0 radical (unpaired) electrons. The lowest BCUT2D eigenvalue weighted by Gasteiger charge is -2.10. The number of esters is 1. The molecular weight excluding hydrogens is 382 g/mol. The fourth-order valence-electron chi connectivity index (χ4n) is 2.37. The zero-order chi connectivity index (χ0) is 16.6. The lowest BCUT2D eigenvalue weighted by atomic mass is 10.2. The maximum Gasteiger partial charge on any atom is 0.355 e. The van der Waals surface area contributed by atoms with Crippen LogP contribution in [0.5, 0.6) is 0 Å². The molecule has 1 heterocycles. The molecule has 1 aromatic heterocycles. The fourth-order valence-corrected chi connectivity index (χ4v) is 4.36. The molecule has 0 aliphatic carbocycles. The molecule has 0 fully saturated rings. The van der Waals surface area contributed by atoms with Crippen LogP contribution in [0.3, 0.4) is 0 Å². The Morgan fingerprint density at radius 2 is 1.78 bits per heavy atom. The Bertz CT molecular complexity index is 994. The first kappa shape index (κ1) is 15.8. The largest absolute Gasteiger partial charge is 0.464 e. The van der Waals surface area contributed by atoms with Crippen molar-refractivity contribution in [1.29, 1.82) is 0 Å². The molecule has 3 aromatic rings. The second-order valence-corrected chi connectivity index (χ2v) is 7.42. The van der Waals surface area contributed by atoms with E-state index in [-0.39, 0.29) is 10.6 Å². The van der Waals surface area contributed by atoms with Gasteiger partial charge in [-0.25, -0.2) is 17.2 Å². The van der Waals surface area contributed by atoms with Gasteiger partial charge in [-0.3, -0.25) is 0 Å². The number of halogens is 1. The topological polar surface area (TPSA) is 65.4 Å². The number of ether oxygens (including phenoxy) is 1. The molecule has 0 N–H and O–H groups in total. The molecule has 0 aliphatic rings. The van der Waals surface area contributed by atoms with E-state index in [0.717, 1.165) is 3.97 Å². The fraction of sp³-hybridized carbons (Fsp3) is 0.0625. The maximum absolute atomic E-state index is 13.0. The monoisotopic (exact) mass is 393 g/mol. The smallest absolute Gasteiger partial charge is 0.355 e. The predicted molar refractivity (Wildman–Crippen MR) is 90.0 cm³/mol. The number of carbonyl (C=O) groups excluding carboxylic acids is 1. The normalized spacial score (nSPS) is 11.6. The van der Waals surface area contributed by atoms with Gasteiger partial charge in [-0.15, -0.1) is 0 Å². The second kappa shape index (κ2) is 5.82. The first-order chi connectivity index (χ1) is 11.0. The Kier molecular flexibility index (Phi) is 3.99. The molecule has 3 rings (SSSR count). The highest BCUT2D eigenvalue weighted by Crippen LogP contribution is 2.30. The third-order valence-corrected chi connectivity index (χ3v) is 5.86. The Labute approximate surface area is 141 Å². The van der Waals surface area contributed by atoms with E-state index in [9.17, 15) is 13.2 Å². The highest BCUT2D eigenvalue weighted by molar-refractivity contribution is 9.10. The minimum absolute atomic E-state index is 0.0433. The van der Waals surface area contributed by atoms with Gasteiger partial charge in [0, 0.05) is 9.86 Å². The van der Waals surface area contributed by atoms with Crippen molar-refractivity contribution in [3.63, 3.8) is 0 Å². The maximum atomic E-state index is 13.0. The molecule has 23 heavy (non-hydrogen) atoms. The Morgan fingerprint density at radius 1 is 1.09 bits per heavy atom. The first-order valence-electron chi connectivity index (χ1n) is 6.65. The van der Waals surface area contributed by atoms with E-state index in [0.29, 0.717) is 15.4 Å². The minimum Gasteiger partial charge on any atom is -0.464 e. The summed E-state index contributed by atoms with van der Waals surface area (Å²) in [5, 5.41) is 0.618. The Hall–Kier alpha value is -2.12. The molecule has 0 bridgehead atoms. The molecule has 0 spiro atoms. The van der Waals surface area contributed by atoms with Crippen LogP contribution in [0.1, 0.15) is 10.5 Å². The van der Waals surface area contributed by atoms with Crippen molar-refractivity contribution in [2.75, 3.05) is 7.11 Å². The van der Waals surface area contributed by atoms with Gasteiger partial charge in [-0.2, -0.15) is 0 Å². The van der Waals surface area contributed by atoms with E-state index < -0.39 is 16.0 Å². The van der Waals surface area contributed by atoms with Gasteiger partial charge < -0.3 is 4.74 Å². The van der Waals surface area contributed by atoms with Crippen LogP contribution >= 0.6 is 15.9 Å². The summed E-state index contributed by atoms with van der Waals surface area (Å²) in [6, 6.07) is 14.6. The molecule has 2 aromatic carbocycles. The molecule has 0 unspecified atom stereocenters. The van der Waals surface area contributed by atoms with Gasteiger partial charge in [0.05, 0.1) is 17.5 Å². The van der Waals surface area contributed by atoms with E-state index in [1.165, 1.54) is 25.3 Å². The summed E-state index contributed by atoms with van der Waals surface area (Å²) in [5.74, 6) is -0.715. The summed E-state index contributed by atoms with van der Waals surface area (Å²) in [7, 11) is -2.71. The van der Waals surface area contributed by atoms with Crippen LogP contribution in [-0.2, 0) is 14.8 Å². The van der Waals surface area contributed by atoms with Crippen LogP contribution < -0.4 is 0 Å². The number of hydrogen-bond donors (Lipinski definition) is 0. The van der Waals surface area contributed by atoms with Gasteiger partial charge in [0.25, 0.3) is 10.0 Å². The number of aromatic nitrogens is 1. The Morgan fingerprint density at radius 3 is 2.43 bits per heavy atom. The summed E-state index contributed by atoms with van der Waals surface area (Å²) < 4.78 is 32.5. The lowest BCUT2D eigenvalue weighted by Crippen LogP contribution is -2.19. The van der Waals surface area contributed by atoms with Gasteiger partial charge in [0.15, 0.2) is 0 Å². The number of carbonyl (C=O) groups is 1. The van der Waals surface area contributed by atoms with Gasteiger partial charge in [-0.1, -0.05) is 40.2 Å². The van der Waals surface area contributed by atoms with Crippen molar-refractivity contribution in [3.05, 3.63) is 64.8 Å². The summed E-state index contributed by atoms with van der Waals surface area (Å²) in [6.45, 7) is 0. The van der Waals surface area contributed by atoms with Crippen molar-refractivity contribution in [2.24, 2.45) is 0 Å². The zero-order valence-corrected chi connectivity index (χ0v) is 14.5. The van der Waals surface area contributed by atoms with Crippen LogP contribution in [-0.4, -0.2) is 25.5 Å².